The van der Waals surface area contributed by atoms with Crippen LogP contribution in [0.25, 0.3) is 0 Å². The molecule has 1 aromatic rings. The molecule has 0 fully saturated rings. The molecule has 7 heteroatoms. The molecule has 1 atom stereocenters. The quantitative estimate of drug-likeness (QED) is 0.330. The Hall–Kier alpha value is -0.813. The van der Waals surface area contributed by atoms with E-state index >= 15 is 0 Å². The Labute approximate surface area is 166 Å². The first-order chi connectivity index (χ1) is 12.3. The highest BCUT2D eigenvalue weighted by atomic mass is 31.2. The monoisotopic (exact) mass is 416 g/mol. The minimum atomic E-state index is -3.25. The smallest absolute Gasteiger partial charge is 0.337 e. The lowest BCUT2D eigenvalue weighted by molar-refractivity contribution is 0.213. The maximum absolute atomic E-state index is 13.2. The van der Waals surface area contributed by atoms with Crippen LogP contribution in [0.3, 0.4) is 0 Å². The maximum atomic E-state index is 13.2. The van der Waals surface area contributed by atoms with Crippen molar-refractivity contribution < 1.29 is 22.8 Å². The molecule has 1 aromatic carbocycles. The number of aryl methyl sites for hydroxylation is 1. The van der Waals surface area contributed by atoms with Crippen molar-refractivity contribution in [2.75, 3.05) is 20.3 Å². The molecule has 0 amide bonds. The van der Waals surface area contributed by atoms with E-state index in [2.05, 4.69) is 33.9 Å². The Kier molecular flexibility index (Phi) is 8.19. The van der Waals surface area contributed by atoms with E-state index in [0.717, 1.165) is 16.9 Å². The van der Waals surface area contributed by atoms with Crippen molar-refractivity contribution in [2.24, 2.45) is 0 Å². The Balaban J connectivity index is 3.36. The second-order valence-corrected chi connectivity index (χ2v) is 15.4. The van der Waals surface area contributed by atoms with Crippen LogP contribution in [0.4, 0.5) is 0 Å². The van der Waals surface area contributed by atoms with Gasteiger partial charge in [0.1, 0.15) is 5.75 Å². The summed E-state index contributed by atoms with van der Waals surface area (Å²) in [4.78, 5) is 0. The zero-order valence-corrected chi connectivity index (χ0v) is 20.5. The summed E-state index contributed by atoms with van der Waals surface area (Å²) in [5, 5.41) is 0.0794. The highest BCUT2D eigenvalue weighted by Crippen LogP contribution is 2.61. The Morgan fingerprint density at radius 3 is 2.04 bits per heavy atom. The van der Waals surface area contributed by atoms with Crippen LogP contribution >= 0.6 is 7.60 Å². The van der Waals surface area contributed by atoms with Crippen molar-refractivity contribution >= 4 is 15.9 Å². The molecule has 0 saturated carbocycles. The SMILES string of the molecule is CCOP(=O)(OCC)C(C)c1cc(C)c(O[Si](C)(C)C(C)(C)C)c(OC)c1. The van der Waals surface area contributed by atoms with Crippen LogP contribution in [0.15, 0.2) is 12.1 Å². The Morgan fingerprint density at radius 1 is 1.11 bits per heavy atom. The molecule has 0 aliphatic heterocycles. The summed E-state index contributed by atoms with van der Waals surface area (Å²) in [5.41, 5.74) is 1.42. The highest BCUT2D eigenvalue weighted by Gasteiger charge is 2.40. The van der Waals surface area contributed by atoms with E-state index < -0.39 is 21.6 Å². The van der Waals surface area contributed by atoms with Crippen LogP contribution in [-0.2, 0) is 13.6 Å². The maximum Gasteiger partial charge on any atom is 0.337 e. The summed E-state index contributed by atoms with van der Waals surface area (Å²) in [7, 11) is -3.64. The van der Waals surface area contributed by atoms with Gasteiger partial charge in [-0.1, -0.05) is 26.8 Å². The molecule has 27 heavy (non-hydrogen) atoms. The molecule has 0 N–H and O–H groups in total. The van der Waals surface area contributed by atoms with Crippen molar-refractivity contribution in [3.63, 3.8) is 0 Å². The average Bonchev–Trinajstić information content (AvgIpc) is 2.55. The molecule has 1 unspecified atom stereocenters. The van der Waals surface area contributed by atoms with E-state index in [1.165, 1.54) is 0 Å². The van der Waals surface area contributed by atoms with E-state index in [1.807, 2.05) is 39.8 Å². The Bertz CT molecular complexity index is 672. The van der Waals surface area contributed by atoms with Gasteiger partial charge >= 0.3 is 7.60 Å². The highest BCUT2D eigenvalue weighted by molar-refractivity contribution is 7.54. The topological polar surface area (TPSA) is 54.0 Å². The molecule has 0 spiro atoms. The lowest BCUT2D eigenvalue weighted by Gasteiger charge is -2.37. The normalized spacial score (nSPS) is 14.1. The van der Waals surface area contributed by atoms with Crippen LogP contribution < -0.4 is 9.16 Å². The Morgan fingerprint density at radius 2 is 1.63 bits per heavy atom. The molecule has 0 aliphatic carbocycles. The fourth-order valence-corrected chi connectivity index (χ4v) is 5.34. The number of benzene rings is 1. The van der Waals surface area contributed by atoms with E-state index in [4.69, 9.17) is 18.2 Å². The van der Waals surface area contributed by atoms with Crippen molar-refractivity contribution in [1.29, 1.82) is 0 Å². The molecule has 156 valence electrons. The van der Waals surface area contributed by atoms with E-state index in [1.54, 1.807) is 7.11 Å². The van der Waals surface area contributed by atoms with Crippen molar-refractivity contribution in [2.45, 2.75) is 72.3 Å². The van der Waals surface area contributed by atoms with Gasteiger partial charge in [0.2, 0.25) is 0 Å². The van der Waals surface area contributed by atoms with Crippen LogP contribution in [-0.4, -0.2) is 28.6 Å². The molecular formula is C20H37O5PSi. The molecule has 0 bridgehead atoms. The van der Waals surface area contributed by atoms with Crippen LogP contribution in [0.1, 0.15) is 58.3 Å². The van der Waals surface area contributed by atoms with Gasteiger partial charge in [-0.3, -0.25) is 4.57 Å². The third-order valence-electron chi connectivity index (χ3n) is 5.22. The van der Waals surface area contributed by atoms with Gasteiger partial charge in [-0.2, -0.15) is 0 Å². The van der Waals surface area contributed by atoms with Gasteiger partial charge in [-0.15, -0.1) is 0 Å². The summed E-state index contributed by atoms with van der Waals surface area (Å²) in [6.07, 6.45) is 0. The predicted octanol–water partition coefficient (Wildman–Crippen LogP) is 6.71. The van der Waals surface area contributed by atoms with Gasteiger partial charge in [0, 0.05) is 0 Å². The number of ether oxygens (including phenoxy) is 1. The number of hydrogen-bond donors (Lipinski definition) is 0. The molecule has 0 aromatic heterocycles. The molecule has 0 radical (unpaired) electrons. The summed E-state index contributed by atoms with van der Waals surface area (Å²) >= 11 is 0. The van der Waals surface area contributed by atoms with Gasteiger partial charge < -0.3 is 18.2 Å². The van der Waals surface area contributed by atoms with Gasteiger partial charge in [0.25, 0.3) is 8.32 Å². The van der Waals surface area contributed by atoms with Crippen molar-refractivity contribution in [3.05, 3.63) is 23.3 Å². The van der Waals surface area contributed by atoms with Crippen molar-refractivity contribution in [1.82, 2.24) is 0 Å². The fourth-order valence-electron chi connectivity index (χ4n) is 2.50. The van der Waals surface area contributed by atoms with E-state index in [0.29, 0.717) is 19.0 Å². The minimum absolute atomic E-state index is 0.0794. The molecule has 0 aliphatic rings. The first kappa shape index (κ1) is 24.2. The van der Waals surface area contributed by atoms with Crippen LogP contribution in [0.2, 0.25) is 18.1 Å². The lowest BCUT2D eigenvalue weighted by atomic mass is 10.1. The van der Waals surface area contributed by atoms with Gasteiger partial charge in [0.05, 0.1) is 26.0 Å². The average molecular weight is 417 g/mol. The van der Waals surface area contributed by atoms with Crippen LogP contribution in [0, 0.1) is 6.92 Å². The molecule has 1 rings (SSSR count). The second kappa shape index (κ2) is 9.12. The number of rotatable bonds is 9. The van der Waals surface area contributed by atoms with Crippen molar-refractivity contribution in [3.8, 4) is 11.5 Å². The van der Waals surface area contributed by atoms with E-state index in [-0.39, 0.29) is 5.04 Å². The number of hydrogen-bond acceptors (Lipinski definition) is 5. The zero-order chi connectivity index (χ0) is 21.0. The van der Waals surface area contributed by atoms with Crippen LogP contribution in [0.5, 0.6) is 11.5 Å². The van der Waals surface area contributed by atoms with Gasteiger partial charge in [0.15, 0.2) is 5.75 Å². The largest absolute Gasteiger partial charge is 0.541 e. The number of methoxy groups -OCH3 is 1. The zero-order valence-electron chi connectivity index (χ0n) is 18.6. The molecule has 5 nitrogen and oxygen atoms in total. The van der Waals surface area contributed by atoms with Gasteiger partial charge in [-0.25, -0.2) is 0 Å². The van der Waals surface area contributed by atoms with Gasteiger partial charge in [-0.05, 0) is 63.0 Å². The molecule has 0 heterocycles. The molecular weight excluding hydrogens is 379 g/mol. The third-order valence-corrected chi connectivity index (χ3v) is 12.0. The fraction of sp³-hybridized carbons (Fsp3) is 0.700. The third kappa shape index (κ3) is 5.60. The lowest BCUT2D eigenvalue weighted by Crippen LogP contribution is -2.44. The summed E-state index contributed by atoms with van der Waals surface area (Å²) in [6.45, 7) is 19.2. The standard InChI is InChI=1S/C20H37O5PSi/c1-11-23-26(21,24-12-2)16(4)17-13-15(3)19(18(14-17)22-8)25-27(9,10)20(5,6)7/h13-14,16H,11-12H2,1-10H3. The summed E-state index contributed by atoms with van der Waals surface area (Å²) < 4.78 is 36.4. The minimum Gasteiger partial charge on any atom is -0.541 e. The first-order valence-electron chi connectivity index (χ1n) is 9.59. The van der Waals surface area contributed by atoms with E-state index in [9.17, 15) is 4.57 Å². The summed E-state index contributed by atoms with van der Waals surface area (Å²) in [6, 6.07) is 3.89. The second-order valence-electron chi connectivity index (χ2n) is 8.28. The summed E-state index contributed by atoms with van der Waals surface area (Å²) in [5.74, 6) is 1.42. The molecule has 0 saturated heterocycles. The predicted molar refractivity (Wildman–Crippen MR) is 115 cm³/mol. The first-order valence-corrected chi connectivity index (χ1v) is 14.1.